The predicted molar refractivity (Wildman–Crippen MR) is 104 cm³/mol. The van der Waals surface area contributed by atoms with Gasteiger partial charge in [0, 0.05) is 31.1 Å². The van der Waals surface area contributed by atoms with Gasteiger partial charge in [-0.3, -0.25) is 4.90 Å². The molecule has 1 aromatic heterocycles. The van der Waals surface area contributed by atoms with Crippen LogP contribution in [0.2, 0.25) is 0 Å². The number of thioether (sulfide) groups is 1. The number of hydrogen-bond acceptors (Lipinski definition) is 4. The molecule has 4 heteroatoms. The van der Waals surface area contributed by atoms with Crippen molar-refractivity contribution in [2.24, 2.45) is 5.73 Å². The van der Waals surface area contributed by atoms with E-state index >= 15 is 0 Å². The Morgan fingerprint density at radius 1 is 1.26 bits per heavy atom. The molecule has 23 heavy (non-hydrogen) atoms. The van der Waals surface area contributed by atoms with Crippen LogP contribution in [0.15, 0.2) is 64.7 Å². The summed E-state index contributed by atoms with van der Waals surface area (Å²) in [7, 11) is 0. The number of allylic oxidation sites excluding steroid dienone is 1. The summed E-state index contributed by atoms with van der Waals surface area (Å²) in [6.07, 6.45) is 2.05. The lowest BCUT2D eigenvalue weighted by molar-refractivity contribution is 0.287. The maximum absolute atomic E-state index is 5.76. The predicted octanol–water partition coefficient (Wildman–Crippen LogP) is 4.99. The molecule has 0 saturated heterocycles. The second kappa shape index (κ2) is 9.73. The van der Waals surface area contributed by atoms with Gasteiger partial charge >= 0.3 is 0 Å². The molecular formula is C19H24N2S2. The summed E-state index contributed by atoms with van der Waals surface area (Å²) >= 11 is 3.50. The van der Waals surface area contributed by atoms with Crippen LogP contribution in [0.4, 0.5) is 0 Å². The first kappa shape index (κ1) is 18.0. The summed E-state index contributed by atoms with van der Waals surface area (Å²) in [6.45, 7) is 9.53. The van der Waals surface area contributed by atoms with Crippen LogP contribution in [0.25, 0.3) is 0 Å². The zero-order valence-corrected chi connectivity index (χ0v) is 15.2. The van der Waals surface area contributed by atoms with Gasteiger partial charge in [-0.25, -0.2) is 0 Å². The van der Waals surface area contributed by atoms with E-state index in [4.69, 9.17) is 5.73 Å². The topological polar surface area (TPSA) is 29.3 Å². The van der Waals surface area contributed by atoms with E-state index in [9.17, 15) is 0 Å². The van der Waals surface area contributed by atoms with Crippen LogP contribution in [-0.4, -0.2) is 11.4 Å². The summed E-state index contributed by atoms with van der Waals surface area (Å²) in [6, 6.07) is 12.8. The maximum atomic E-state index is 5.76. The highest BCUT2D eigenvalue weighted by atomic mass is 32.2. The maximum Gasteiger partial charge on any atom is 0.0335 e. The van der Waals surface area contributed by atoms with E-state index in [-0.39, 0.29) is 0 Å². The molecule has 0 fully saturated rings. The van der Waals surface area contributed by atoms with Crippen LogP contribution in [-0.2, 0) is 19.6 Å². The first-order chi connectivity index (χ1) is 11.2. The number of hydrogen-bond donors (Lipinski definition) is 1. The summed E-state index contributed by atoms with van der Waals surface area (Å²) in [5.41, 5.74) is 8.24. The molecule has 2 N–H and O–H groups in total. The van der Waals surface area contributed by atoms with Crippen molar-refractivity contribution >= 4 is 23.1 Å². The van der Waals surface area contributed by atoms with Crippen LogP contribution in [0.3, 0.4) is 0 Å². The van der Waals surface area contributed by atoms with Gasteiger partial charge in [0.05, 0.1) is 0 Å². The molecule has 0 saturated carbocycles. The molecule has 1 aromatic carbocycles. The van der Waals surface area contributed by atoms with Crippen molar-refractivity contribution in [3.05, 3.63) is 80.8 Å². The van der Waals surface area contributed by atoms with Crippen molar-refractivity contribution < 1.29 is 0 Å². The monoisotopic (exact) mass is 344 g/mol. The standard InChI is InChI=1S/C19H24N2S2/c1-3-9-22-16(2)13-21(15-19-8-5-10-23-19)14-18-7-4-6-17(11-18)12-20/h3-11H,2,12-15,20H2,1H3/b9-3-. The quantitative estimate of drug-likeness (QED) is 0.695. The molecular weight excluding hydrogens is 320 g/mol. The van der Waals surface area contributed by atoms with Gasteiger partial charge in [-0.1, -0.05) is 43.0 Å². The fourth-order valence-electron chi connectivity index (χ4n) is 2.35. The molecule has 0 aliphatic carbocycles. The van der Waals surface area contributed by atoms with Crippen LogP contribution < -0.4 is 5.73 Å². The molecule has 0 bridgehead atoms. The number of nitrogens with two attached hydrogens (primary N) is 1. The first-order valence-corrected chi connectivity index (χ1v) is 9.45. The van der Waals surface area contributed by atoms with Gasteiger partial charge in [0.1, 0.15) is 0 Å². The van der Waals surface area contributed by atoms with E-state index in [2.05, 4.69) is 58.7 Å². The third-order valence-electron chi connectivity index (χ3n) is 3.36. The van der Waals surface area contributed by atoms with Gasteiger partial charge < -0.3 is 5.73 Å². The van der Waals surface area contributed by atoms with Crippen molar-refractivity contribution in [2.45, 2.75) is 26.6 Å². The minimum Gasteiger partial charge on any atom is -0.326 e. The van der Waals surface area contributed by atoms with Crippen molar-refractivity contribution in [1.29, 1.82) is 0 Å². The van der Waals surface area contributed by atoms with Crippen molar-refractivity contribution in [3.8, 4) is 0 Å². The zero-order valence-electron chi connectivity index (χ0n) is 13.6. The number of thiophene rings is 1. The fraction of sp³-hybridized carbons (Fsp3) is 0.263. The van der Waals surface area contributed by atoms with Crippen LogP contribution in [0.1, 0.15) is 22.9 Å². The molecule has 122 valence electrons. The van der Waals surface area contributed by atoms with Gasteiger partial charge in [-0.2, -0.15) is 0 Å². The summed E-state index contributed by atoms with van der Waals surface area (Å²) in [5.74, 6) is 0. The molecule has 1 heterocycles. The third kappa shape index (κ3) is 6.36. The van der Waals surface area contributed by atoms with Gasteiger partial charge in [0.15, 0.2) is 0 Å². The highest BCUT2D eigenvalue weighted by Gasteiger charge is 2.10. The summed E-state index contributed by atoms with van der Waals surface area (Å²) in [5, 5.41) is 4.21. The molecule has 0 amide bonds. The average molecular weight is 345 g/mol. The normalized spacial score (nSPS) is 11.4. The van der Waals surface area contributed by atoms with E-state index in [1.165, 1.54) is 16.0 Å². The van der Waals surface area contributed by atoms with Gasteiger partial charge in [0.25, 0.3) is 0 Å². The summed E-state index contributed by atoms with van der Waals surface area (Å²) < 4.78 is 0. The Labute approximate surface area is 147 Å². The Kier molecular flexibility index (Phi) is 7.62. The fourth-order valence-corrected chi connectivity index (χ4v) is 3.69. The molecule has 0 atom stereocenters. The third-order valence-corrected chi connectivity index (χ3v) is 5.10. The van der Waals surface area contributed by atoms with Crippen LogP contribution >= 0.6 is 23.1 Å². The molecule has 2 nitrogen and oxygen atoms in total. The lowest BCUT2D eigenvalue weighted by Gasteiger charge is -2.22. The van der Waals surface area contributed by atoms with Crippen LogP contribution in [0.5, 0.6) is 0 Å². The average Bonchev–Trinajstić information content (AvgIpc) is 3.06. The van der Waals surface area contributed by atoms with Crippen molar-refractivity contribution in [3.63, 3.8) is 0 Å². The Morgan fingerprint density at radius 2 is 2.09 bits per heavy atom. The van der Waals surface area contributed by atoms with Crippen molar-refractivity contribution in [1.82, 2.24) is 4.90 Å². The van der Waals surface area contributed by atoms with E-state index in [0.717, 1.165) is 24.5 Å². The number of nitrogens with zero attached hydrogens (tertiary/aromatic N) is 1. The van der Waals surface area contributed by atoms with E-state index in [1.54, 1.807) is 23.1 Å². The zero-order chi connectivity index (χ0) is 16.5. The molecule has 0 radical (unpaired) electrons. The smallest absolute Gasteiger partial charge is 0.0335 e. The molecule has 0 aliphatic rings. The minimum atomic E-state index is 0.586. The van der Waals surface area contributed by atoms with E-state index in [0.29, 0.717) is 6.54 Å². The number of rotatable bonds is 9. The number of benzene rings is 1. The van der Waals surface area contributed by atoms with Crippen molar-refractivity contribution in [2.75, 3.05) is 6.54 Å². The Morgan fingerprint density at radius 3 is 2.78 bits per heavy atom. The largest absolute Gasteiger partial charge is 0.326 e. The minimum absolute atomic E-state index is 0.586. The Bertz CT molecular complexity index is 633. The SMILES string of the molecule is C=C(CN(Cc1cccc(CN)c1)Cc1cccs1)S/C=C\C. The van der Waals surface area contributed by atoms with Gasteiger partial charge in [-0.15, -0.1) is 23.1 Å². The highest BCUT2D eigenvalue weighted by molar-refractivity contribution is 8.05. The van der Waals surface area contributed by atoms with E-state index < -0.39 is 0 Å². The van der Waals surface area contributed by atoms with E-state index in [1.807, 2.05) is 13.0 Å². The van der Waals surface area contributed by atoms with Gasteiger partial charge in [-0.05, 0) is 39.8 Å². The molecule has 2 aromatic rings. The molecule has 0 aliphatic heterocycles. The molecule has 0 spiro atoms. The second-order valence-electron chi connectivity index (χ2n) is 5.37. The molecule has 2 rings (SSSR count). The van der Waals surface area contributed by atoms with Crippen LogP contribution in [0, 0.1) is 0 Å². The molecule has 0 unspecified atom stereocenters. The lowest BCUT2D eigenvalue weighted by atomic mass is 10.1. The Hall–Kier alpha value is -1.33. The lowest BCUT2D eigenvalue weighted by Crippen LogP contribution is -2.24. The van der Waals surface area contributed by atoms with Gasteiger partial charge in [0.2, 0.25) is 0 Å². The highest BCUT2D eigenvalue weighted by Crippen LogP contribution is 2.21. The second-order valence-corrected chi connectivity index (χ2v) is 7.49. The summed E-state index contributed by atoms with van der Waals surface area (Å²) in [4.78, 5) is 4.97. The first-order valence-electron chi connectivity index (χ1n) is 7.69. The Balaban J connectivity index is 2.06.